The minimum Gasteiger partial charge on any atom is -0.339 e. The summed E-state index contributed by atoms with van der Waals surface area (Å²) in [5.74, 6) is 1.28. The van der Waals surface area contributed by atoms with Crippen LogP contribution >= 0.6 is 11.6 Å². The highest BCUT2D eigenvalue weighted by molar-refractivity contribution is 6.31. The molecule has 1 aliphatic rings. The van der Waals surface area contributed by atoms with Gasteiger partial charge in [-0.05, 0) is 32.0 Å². The Balaban J connectivity index is 1.73. The summed E-state index contributed by atoms with van der Waals surface area (Å²) in [6.45, 7) is 8.29. The zero-order chi connectivity index (χ0) is 20.3. The molecule has 0 fully saturated rings. The van der Waals surface area contributed by atoms with Gasteiger partial charge in [0.05, 0.1) is 17.1 Å². The topological polar surface area (TPSA) is 74.6 Å². The van der Waals surface area contributed by atoms with E-state index in [2.05, 4.69) is 39.7 Å². The molecule has 29 heavy (non-hydrogen) atoms. The van der Waals surface area contributed by atoms with Gasteiger partial charge in [-0.15, -0.1) is 0 Å². The maximum Gasteiger partial charge on any atom is 0.229 e. The predicted octanol–water partition coefficient (Wildman–Crippen LogP) is 5.05. The van der Waals surface area contributed by atoms with Crippen LogP contribution in [0.5, 0.6) is 0 Å². The molecule has 0 spiro atoms. The molecule has 0 aliphatic carbocycles. The maximum absolute atomic E-state index is 6.33. The monoisotopic (exact) mass is 408 g/mol. The summed E-state index contributed by atoms with van der Waals surface area (Å²) >= 11 is 6.33. The first kappa shape index (κ1) is 18.1. The van der Waals surface area contributed by atoms with E-state index in [4.69, 9.17) is 21.2 Å². The molecule has 0 N–H and O–H groups in total. The molecule has 0 saturated carbocycles. The molecule has 4 heterocycles. The lowest BCUT2D eigenvalue weighted by atomic mass is 10.0. The molecule has 5 rings (SSSR count). The smallest absolute Gasteiger partial charge is 0.229 e. The van der Waals surface area contributed by atoms with Crippen molar-refractivity contribution >= 4 is 11.6 Å². The average molecular weight is 409 g/mol. The Hall–Kier alpha value is -2.93. The first-order valence-electron chi connectivity index (χ1n) is 9.71. The van der Waals surface area contributed by atoms with Gasteiger partial charge >= 0.3 is 0 Å². The summed E-state index contributed by atoms with van der Waals surface area (Å²) in [5, 5.41) is 9.71. The van der Waals surface area contributed by atoms with E-state index in [1.807, 2.05) is 43.1 Å². The molecule has 0 atom stereocenters. The lowest BCUT2D eigenvalue weighted by Gasteiger charge is -2.10. The van der Waals surface area contributed by atoms with Crippen LogP contribution in [0.2, 0.25) is 5.02 Å². The van der Waals surface area contributed by atoms with E-state index in [-0.39, 0.29) is 12.0 Å². The molecule has 0 amide bonds. The number of hydrogen-bond acceptors (Lipinski definition) is 5. The number of fused-ring (bicyclic) bond motifs is 5. The Bertz CT molecular complexity index is 1220. The summed E-state index contributed by atoms with van der Waals surface area (Å²) in [4.78, 5) is 9.19. The first-order valence-corrected chi connectivity index (χ1v) is 10.1. The number of halogens is 1. The lowest BCUT2D eigenvalue weighted by molar-refractivity contribution is 0.365. The third-order valence-corrected chi connectivity index (χ3v) is 5.42. The number of rotatable bonds is 3. The molecular formula is C21H21ClN6O. The summed E-state index contributed by atoms with van der Waals surface area (Å²) in [5.41, 5.74) is 5.78. The molecule has 3 aromatic heterocycles. The van der Waals surface area contributed by atoms with E-state index in [1.165, 1.54) is 0 Å². The normalized spacial score (nSPS) is 12.8. The van der Waals surface area contributed by atoms with Crippen LogP contribution in [-0.4, -0.2) is 29.5 Å². The third-order valence-electron chi connectivity index (χ3n) is 5.18. The van der Waals surface area contributed by atoms with Crippen molar-refractivity contribution in [2.24, 2.45) is 0 Å². The fourth-order valence-corrected chi connectivity index (χ4v) is 3.81. The fraction of sp³-hybridized carbons (Fsp3) is 0.333. The van der Waals surface area contributed by atoms with Crippen LogP contribution in [0.15, 0.2) is 35.2 Å². The Morgan fingerprint density at radius 1 is 1.14 bits per heavy atom. The molecule has 148 valence electrons. The van der Waals surface area contributed by atoms with E-state index in [0.717, 1.165) is 33.9 Å². The lowest BCUT2D eigenvalue weighted by Crippen LogP contribution is -2.03. The zero-order valence-electron chi connectivity index (χ0n) is 16.7. The molecule has 4 aromatic rings. The van der Waals surface area contributed by atoms with Crippen LogP contribution < -0.4 is 0 Å². The highest BCUT2D eigenvalue weighted by Crippen LogP contribution is 2.38. The number of aromatic nitrogens is 6. The van der Waals surface area contributed by atoms with Gasteiger partial charge in [-0.3, -0.25) is 4.68 Å². The highest BCUT2D eigenvalue weighted by Gasteiger charge is 2.27. The van der Waals surface area contributed by atoms with Crippen molar-refractivity contribution in [3.8, 4) is 28.5 Å². The summed E-state index contributed by atoms with van der Waals surface area (Å²) < 4.78 is 9.49. The molecule has 0 radical (unpaired) electrons. The van der Waals surface area contributed by atoms with Gasteiger partial charge in [0.2, 0.25) is 11.7 Å². The Labute approximate surface area is 173 Å². The Morgan fingerprint density at radius 2 is 1.97 bits per heavy atom. The van der Waals surface area contributed by atoms with E-state index >= 15 is 0 Å². The summed E-state index contributed by atoms with van der Waals surface area (Å²) in [7, 11) is 0. The first-order chi connectivity index (χ1) is 13.9. The van der Waals surface area contributed by atoms with Crippen LogP contribution in [0.3, 0.4) is 0 Å². The van der Waals surface area contributed by atoms with Crippen molar-refractivity contribution < 1.29 is 4.52 Å². The summed E-state index contributed by atoms with van der Waals surface area (Å²) in [6.07, 6.45) is 4.58. The quantitative estimate of drug-likeness (QED) is 0.417. The van der Waals surface area contributed by atoms with Crippen molar-refractivity contribution in [1.82, 2.24) is 29.5 Å². The molecule has 1 aliphatic heterocycles. The molecule has 0 unspecified atom stereocenters. The van der Waals surface area contributed by atoms with Gasteiger partial charge in [-0.25, -0.2) is 4.98 Å². The van der Waals surface area contributed by atoms with Gasteiger partial charge in [0.25, 0.3) is 0 Å². The minimum atomic E-state index is 0.163. The minimum absolute atomic E-state index is 0.163. The second-order valence-electron chi connectivity index (χ2n) is 7.94. The van der Waals surface area contributed by atoms with Crippen LogP contribution in [0, 0.1) is 0 Å². The van der Waals surface area contributed by atoms with E-state index in [0.29, 0.717) is 23.2 Å². The molecule has 1 aromatic carbocycles. The van der Waals surface area contributed by atoms with Crippen LogP contribution in [0.1, 0.15) is 56.8 Å². The van der Waals surface area contributed by atoms with Gasteiger partial charge < -0.3 is 9.09 Å². The van der Waals surface area contributed by atoms with Crippen LogP contribution in [0.25, 0.3) is 28.5 Å². The second-order valence-corrected chi connectivity index (χ2v) is 8.37. The van der Waals surface area contributed by atoms with Gasteiger partial charge in [0, 0.05) is 40.7 Å². The average Bonchev–Trinajstić information content (AvgIpc) is 3.39. The largest absolute Gasteiger partial charge is 0.339 e. The van der Waals surface area contributed by atoms with Crippen molar-refractivity contribution in [2.45, 2.75) is 46.1 Å². The van der Waals surface area contributed by atoms with E-state index in [1.54, 1.807) is 0 Å². The molecule has 0 saturated heterocycles. The van der Waals surface area contributed by atoms with Crippen molar-refractivity contribution in [3.05, 3.63) is 52.9 Å². The Morgan fingerprint density at radius 3 is 2.69 bits per heavy atom. The zero-order valence-corrected chi connectivity index (χ0v) is 17.5. The number of imidazole rings is 1. The molecular weight excluding hydrogens is 388 g/mol. The molecule has 7 nitrogen and oxygen atoms in total. The van der Waals surface area contributed by atoms with E-state index < -0.39 is 0 Å². The number of benzene rings is 1. The summed E-state index contributed by atoms with van der Waals surface area (Å²) in [6, 6.07) is 6.12. The number of hydrogen-bond donors (Lipinski definition) is 0. The SMILES string of the molecule is CC(C)c1nc(-c2ncn3c2Cc2cn(C(C)C)nc2-c2cc(Cl)ccc2-3)no1. The molecule has 0 bridgehead atoms. The standard InChI is InChI=1S/C21H21ClN6O/c1-11(2)21-24-20(26-29-21)19-17-7-13-9-28(12(3)4)25-18(13)15-8-14(22)5-6-16(15)27(17)10-23-19/h5-6,8-12H,7H2,1-4H3. The predicted molar refractivity (Wildman–Crippen MR) is 110 cm³/mol. The Kier molecular flexibility index (Phi) is 4.10. The van der Waals surface area contributed by atoms with Crippen LogP contribution in [-0.2, 0) is 6.42 Å². The molecule has 8 heteroatoms. The van der Waals surface area contributed by atoms with Crippen LogP contribution in [0.4, 0.5) is 0 Å². The van der Waals surface area contributed by atoms with Gasteiger partial charge in [0.1, 0.15) is 12.0 Å². The van der Waals surface area contributed by atoms with Crippen molar-refractivity contribution in [2.75, 3.05) is 0 Å². The van der Waals surface area contributed by atoms with E-state index in [9.17, 15) is 0 Å². The fourth-order valence-electron chi connectivity index (χ4n) is 3.64. The third kappa shape index (κ3) is 2.88. The van der Waals surface area contributed by atoms with Crippen molar-refractivity contribution in [1.29, 1.82) is 0 Å². The second kappa shape index (κ2) is 6.56. The van der Waals surface area contributed by atoms with Gasteiger partial charge in [0.15, 0.2) is 0 Å². The van der Waals surface area contributed by atoms with Gasteiger partial charge in [-0.1, -0.05) is 30.6 Å². The number of nitrogens with zero attached hydrogens (tertiary/aromatic N) is 6. The highest BCUT2D eigenvalue weighted by atomic mass is 35.5. The maximum atomic E-state index is 6.33. The van der Waals surface area contributed by atoms with Crippen molar-refractivity contribution in [3.63, 3.8) is 0 Å². The van der Waals surface area contributed by atoms with Gasteiger partial charge in [-0.2, -0.15) is 10.1 Å².